The Hall–Kier alpha value is -1.87. The summed E-state index contributed by atoms with van der Waals surface area (Å²) in [7, 11) is 0. The molecule has 2 aromatic rings. The highest BCUT2D eigenvalue weighted by Crippen LogP contribution is 2.19. The van der Waals surface area contributed by atoms with E-state index in [0.29, 0.717) is 10.3 Å². The molecule has 0 saturated heterocycles. The van der Waals surface area contributed by atoms with Gasteiger partial charge in [0.1, 0.15) is 6.10 Å². The van der Waals surface area contributed by atoms with Gasteiger partial charge in [0.05, 0.1) is 5.56 Å². The van der Waals surface area contributed by atoms with E-state index in [-0.39, 0.29) is 0 Å². The van der Waals surface area contributed by atoms with E-state index in [1.54, 1.807) is 12.1 Å². The van der Waals surface area contributed by atoms with Crippen molar-refractivity contribution in [2.75, 3.05) is 0 Å². The Kier molecular flexibility index (Phi) is 2.65. The first kappa shape index (κ1) is 9.68. The van der Waals surface area contributed by atoms with Crippen LogP contribution in [-0.2, 0) is 0 Å². The Balaban J connectivity index is 2.32. The molecule has 0 radical (unpaired) electrons. The highest BCUT2D eigenvalue weighted by atomic mass is 16.5. The number of rotatable bonds is 2. The molecule has 0 saturated carbocycles. The van der Waals surface area contributed by atoms with Crippen molar-refractivity contribution < 1.29 is 9.84 Å². The minimum absolute atomic E-state index is 0.596. The maximum Gasteiger partial charge on any atom is 0.186 e. The van der Waals surface area contributed by atoms with Gasteiger partial charge in [0.15, 0.2) is 12.4 Å². The molecule has 2 rings (SSSR count). The van der Waals surface area contributed by atoms with E-state index in [9.17, 15) is 10.3 Å². The fourth-order valence-corrected chi connectivity index (χ4v) is 1.46. The predicted octanol–water partition coefficient (Wildman–Crippen LogP) is 1.40. The molecule has 0 aliphatic carbocycles. The standard InChI is InChI=1S/C12H11NO2/c14-12(10-5-2-1-3-6-10)11-7-4-8-13(15)9-11/h1-9,12,14H/t12-/m1/s1. The molecule has 1 heterocycles. The van der Waals surface area contributed by atoms with Crippen LogP contribution >= 0.6 is 0 Å². The average molecular weight is 201 g/mol. The van der Waals surface area contributed by atoms with Gasteiger partial charge in [-0.05, 0) is 11.6 Å². The van der Waals surface area contributed by atoms with Crippen LogP contribution in [0.25, 0.3) is 0 Å². The molecule has 0 aliphatic heterocycles. The van der Waals surface area contributed by atoms with Crippen LogP contribution in [0.3, 0.4) is 0 Å². The van der Waals surface area contributed by atoms with E-state index in [1.807, 2.05) is 30.3 Å². The second-order valence-corrected chi connectivity index (χ2v) is 3.31. The summed E-state index contributed by atoms with van der Waals surface area (Å²) in [6.07, 6.45) is 2.02. The summed E-state index contributed by atoms with van der Waals surface area (Å²) in [6.45, 7) is 0. The summed E-state index contributed by atoms with van der Waals surface area (Å²) < 4.78 is 0.682. The third-order valence-electron chi connectivity index (χ3n) is 2.23. The summed E-state index contributed by atoms with van der Waals surface area (Å²) in [5, 5.41) is 21.0. The van der Waals surface area contributed by atoms with Gasteiger partial charge in [0.25, 0.3) is 0 Å². The lowest BCUT2D eigenvalue weighted by Crippen LogP contribution is -2.25. The Labute approximate surface area is 87.8 Å². The third-order valence-corrected chi connectivity index (χ3v) is 2.23. The first-order valence-electron chi connectivity index (χ1n) is 4.69. The van der Waals surface area contributed by atoms with Gasteiger partial charge < -0.3 is 10.3 Å². The molecular formula is C12H11NO2. The number of pyridine rings is 1. The van der Waals surface area contributed by atoms with Gasteiger partial charge in [0, 0.05) is 6.07 Å². The SMILES string of the molecule is [O-][n+]1cccc([C@H](O)c2ccccc2)c1. The highest BCUT2D eigenvalue weighted by molar-refractivity contribution is 5.26. The van der Waals surface area contributed by atoms with Crippen molar-refractivity contribution in [3.05, 3.63) is 71.2 Å². The molecule has 0 bridgehead atoms. The predicted molar refractivity (Wildman–Crippen MR) is 55.9 cm³/mol. The second-order valence-electron chi connectivity index (χ2n) is 3.31. The lowest BCUT2D eigenvalue weighted by Gasteiger charge is -2.09. The Bertz CT molecular complexity index is 442. The second kappa shape index (κ2) is 4.11. The minimum Gasteiger partial charge on any atom is -0.619 e. The van der Waals surface area contributed by atoms with Gasteiger partial charge in [-0.3, -0.25) is 0 Å². The summed E-state index contributed by atoms with van der Waals surface area (Å²) in [6, 6.07) is 12.6. The van der Waals surface area contributed by atoms with Gasteiger partial charge in [-0.1, -0.05) is 30.3 Å². The first-order chi connectivity index (χ1) is 7.27. The highest BCUT2D eigenvalue weighted by Gasteiger charge is 2.11. The first-order valence-corrected chi connectivity index (χ1v) is 4.69. The smallest absolute Gasteiger partial charge is 0.186 e. The number of aliphatic hydroxyl groups excluding tert-OH is 1. The fraction of sp³-hybridized carbons (Fsp3) is 0.0833. The zero-order valence-electron chi connectivity index (χ0n) is 8.08. The third kappa shape index (κ3) is 2.14. The molecule has 0 amide bonds. The molecule has 0 fully saturated rings. The van der Waals surface area contributed by atoms with E-state index in [0.717, 1.165) is 5.56 Å². The van der Waals surface area contributed by atoms with Gasteiger partial charge in [-0.25, -0.2) is 0 Å². The van der Waals surface area contributed by atoms with E-state index in [4.69, 9.17) is 0 Å². The maximum atomic E-state index is 11.0. The number of hydrogen-bond acceptors (Lipinski definition) is 2. The lowest BCUT2D eigenvalue weighted by molar-refractivity contribution is -0.606. The maximum absolute atomic E-state index is 11.0. The number of benzene rings is 1. The van der Waals surface area contributed by atoms with Gasteiger partial charge in [-0.2, -0.15) is 4.73 Å². The van der Waals surface area contributed by atoms with Crippen LogP contribution in [0.4, 0.5) is 0 Å². The van der Waals surface area contributed by atoms with Crippen LogP contribution in [0.1, 0.15) is 17.2 Å². The lowest BCUT2D eigenvalue weighted by atomic mass is 10.0. The minimum atomic E-state index is -0.743. The largest absolute Gasteiger partial charge is 0.619 e. The van der Waals surface area contributed by atoms with Crippen molar-refractivity contribution in [1.82, 2.24) is 0 Å². The number of aliphatic hydroxyl groups is 1. The van der Waals surface area contributed by atoms with Crippen LogP contribution in [0.15, 0.2) is 54.9 Å². The molecule has 1 aromatic carbocycles. The number of nitrogens with zero attached hydrogens (tertiary/aromatic N) is 1. The molecular weight excluding hydrogens is 190 g/mol. The number of hydrogen-bond donors (Lipinski definition) is 1. The Morgan fingerprint density at radius 1 is 1.00 bits per heavy atom. The van der Waals surface area contributed by atoms with Crippen LogP contribution in [0.5, 0.6) is 0 Å². The van der Waals surface area contributed by atoms with Crippen molar-refractivity contribution in [2.24, 2.45) is 0 Å². The molecule has 1 N–H and O–H groups in total. The van der Waals surface area contributed by atoms with E-state index < -0.39 is 6.10 Å². The zero-order valence-corrected chi connectivity index (χ0v) is 8.08. The zero-order chi connectivity index (χ0) is 10.7. The van der Waals surface area contributed by atoms with Gasteiger partial charge >= 0.3 is 0 Å². The van der Waals surface area contributed by atoms with Gasteiger partial charge in [0.2, 0.25) is 0 Å². The van der Waals surface area contributed by atoms with Crippen LogP contribution in [0, 0.1) is 5.21 Å². The molecule has 76 valence electrons. The summed E-state index contributed by atoms with van der Waals surface area (Å²) in [5.74, 6) is 0. The van der Waals surface area contributed by atoms with Crippen LogP contribution in [0.2, 0.25) is 0 Å². The van der Waals surface area contributed by atoms with E-state index >= 15 is 0 Å². The van der Waals surface area contributed by atoms with Crippen LogP contribution in [-0.4, -0.2) is 5.11 Å². The van der Waals surface area contributed by atoms with Crippen LogP contribution < -0.4 is 4.73 Å². The number of aromatic nitrogens is 1. The molecule has 1 atom stereocenters. The van der Waals surface area contributed by atoms with Gasteiger partial charge in [-0.15, -0.1) is 0 Å². The normalized spacial score (nSPS) is 12.3. The fourth-order valence-electron chi connectivity index (χ4n) is 1.46. The van der Waals surface area contributed by atoms with E-state index in [1.165, 1.54) is 12.4 Å². The summed E-state index contributed by atoms with van der Waals surface area (Å²) >= 11 is 0. The van der Waals surface area contributed by atoms with E-state index in [2.05, 4.69) is 0 Å². The Morgan fingerprint density at radius 2 is 1.67 bits per heavy atom. The monoisotopic (exact) mass is 201 g/mol. The molecule has 15 heavy (non-hydrogen) atoms. The average Bonchev–Trinajstić information content (AvgIpc) is 2.29. The topological polar surface area (TPSA) is 47.2 Å². The summed E-state index contributed by atoms with van der Waals surface area (Å²) in [4.78, 5) is 0. The van der Waals surface area contributed by atoms with Crippen molar-refractivity contribution in [3.63, 3.8) is 0 Å². The van der Waals surface area contributed by atoms with Crippen molar-refractivity contribution >= 4 is 0 Å². The Morgan fingerprint density at radius 3 is 2.33 bits per heavy atom. The molecule has 0 aliphatic rings. The quantitative estimate of drug-likeness (QED) is 0.589. The molecule has 1 aromatic heterocycles. The summed E-state index contributed by atoms with van der Waals surface area (Å²) in [5.41, 5.74) is 1.38. The molecule has 3 nitrogen and oxygen atoms in total. The van der Waals surface area contributed by atoms with Crippen molar-refractivity contribution in [2.45, 2.75) is 6.10 Å². The molecule has 3 heteroatoms. The van der Waals surface area contributed by atoms with Crippen molar-refractivity contribution in [1.29, 1.82) is 0 Å². The molecule has 0 spiro atoms. The van der Waals surface area contributed by atoms with Crippen molar-refractivity contribution in [3.8, 4) is 0 Å². The molecule has 0 unspecified atom stereocenters.